The van der Waals surface area contributed by atoms with E-state index in [0.717, 1.165) is 0 Å². The van der Waals surface area contributed by atoms with E-state index in [1.807, 2.05) is 0 Å². The zero-order valence-electron chi connectivity index (χ0n) is 9.30. The largest absolute Gasteiger partial charge is 0.454 e. The highest BCUT2D eigenvalue weighted by molar-refractivity contribution is 6.11. The summed E-state index contributed by atoms with van der Waals surface area (Å²) in [5.41, 5.74) is 1.00. The van der Waals surface area contributed by atoms with Crippen molar-refractivity contribution in [1.29, 1.82) is 0 Å². The summed E-state index contributed by atoms with van der Waals surface area (Å²) in [4.78, 5) is 11.3. The van der Waals surface area contributed by atoms with Crippen molar-refractivity contribution >= 4 is 16.7 Å². The number of carbonyl (C=O) groups excluding carboxylic acids is 1. The number of hydrogen-bond acceptors (Lipinski definition) is 1. The standard InChI is InChI=1S/C12H10F3NO/c1-7-4-3-5-9-10(7)8(6-16(9)2)11(17)12(13,14)15/h3-6H,1-2H3. The van der Waals surface area contributed by atoms with Crippen LogP contribution in [-0.4, -0.2) is 16.5 Å². The van der Waals surface area contributed by atoms with Gasteiger partial charge in [-0.3, -0.25) is 4.79 Å². The number of alkyl halides is 3. The quantitative estimate of drug-likeness (QED) is 0.702. The first kappa shape index (κ1) is 11.7. The molecular weight excluding hydrogens is 231 g/mol. The Balaban J connectivity index is 2.76. The summed E-state index contributed by atoms with van der Waals surface area (Å²) in [6, 6.07) is 5.13. The Morgan fingerprint density at radius 2 is 1.94 bits per heavy atom. The molecular formula is C12H10F3NO. The van der Waals surface area contributed by atoms with Gasteiger partial charge >= 0.3 is 6.18 Å². The van der Waals surface area contributed by atoms with Crippen LogP contribution in [0.3, 0.4) is 0 Å². The van der Waals surface area contributed by atoms with Crippen molar-refractivity contribution in [1.82, 2.24) is 4.57 Å². The molecule has 0 amide bonds. The molecule has 17 heavy (non-hydrogen) atoms. The molecule has 0 aliphatic carbocycles. The van der Waals surface area contributed by atoms with Crippen molar-refractivity contribution in [3.05, 3.63) is 35.5 Å². The molecule has 0 unspecified atom stereocenters. The fraction of sp³-hybridized carbons (Fsp3) is 0.250. The van der Waals surface area contributed by atoms with Gasteiger partial charge < -0.3 is 4.57 Å². The Kier molecular flexibility index (Phi) is 2.49. The van der Waals surface area contributed by atoms with E-state index >= 15 is 0 Å². The zero-order chi connectivity index (χ0) is 12.8. The number of halogens is 3. The number of aryl methyl sites for hydroxylation is 2. The molecule has 1 heterocycles. The number of fused-ring (bicyclic) bond motifs is 1. The summed E-state index contributed by atoms with van der Waals surface area (Å²) in [6.07, 6.45) is -3.61. The molecule has 2 nitrogen and oxygen atoms in total. The van der Waals surface area contributed by atoms with Gasteiger partial charge in [0, 0.05) is 24.1 Å². The van der Waals surface area contributed by atoms with Crippen molar-refractivity contribution < 1.29 is 18.0 Å². The maximum absolute atomic E-state index is 12.4. The number of ketones is 1. The molecule has 0 spiro atoms. The lowest BCUT2D eigenvalue weighted by atomic mass is 10.0. The SMILES string of the molecule is Cc1cccc2c1c(C(=O)C(F)(F)F)cn2C. The summed E-state index contributed by atoms with van der Waals surface area (Å²) in [6.45, 7) is 1.69. The molecule has 0 radical (unpaired) electrons. The molecule has 0 fully saturated rings. The average molecular weight is 241 g/mol. The predicted octanol–water partition coefficient (Wildman–Crippen LogP) is 3.23. The van der Waals surface area contributed by atoms with Crippen LogP contribution in [0.5, 0.6) is 0 Å². The van der Waals surface area contributed by atoms with Crippen molar-refractivity contribution in [2.24, 2.45) is 7.05 Å². The highest BCUT2D eigenvalue weighted by Gasteiger charge is 2.40. The van der Waals surface area contributed by atoms with Crippen LogP contribution in [0.25, 0.3) is 10.9 Å². The van der Waals surface area contributed by atoms with Gasteiger partial charge in [-0.2, -0.15) is 13.2 Å². The highest BCUT2D eigenvalue weighted by Crippen LogP contribution is 2.29. The van der Waals surface area contributed by atoms with Crippen molar-refractivity contribution in [2.75, 3.05) is 0 Å². The van der Waals surface area contributed by atoms with Crippen LogP contribution < -0.4 is 0 Å². The van der Waals surface area contributed by atoms with E-state index in [4.69, 9.17) is 0 Å². The Morgan fingerprint density at radius 1 is 1.29 bits per heavy atom. The van der Waals surface area contributed by atoms with Gasteiger partial charge in [-0.25, -0.2) is 0 Å². The molecule has 1 aromatic heterocycles. The number of benzene rings is 1. The molecule has 0 bridgehead atoms. The topological polar surface area (TPSA) is 22.0 Å². The van der Waals surface area contributed by atoms with Gasteiger partial charge in [-0.1, -0.05) is 12.1 Å². The summed E-state index contributed by atoms with van der Waals surface area (Å²) in [5, 5.41) is 0.373. The van der Waals surface area contributed by atoms with E-state index in [-0.39, 0.29) is 5.56 Å². The molecule has 0 saturated heterocycles. The molecule has 0 N–H and O–H groups in total. The van der Waals surface area contributed by atoms with Gasteiger partial charge in [-0.15, -0.1) is 0 Å². The van der Waals surface area contributed by atoms with Gasteiger partial charge in [0.05, 0.1) is 5.56 Å². The minimum atomic E-state index is -4.84. The third-order valence-corrected chi connectivity index (χ3v) is 2.72. The molecule has 2 aromatic rings. The highest BCUT2D eigenvalue weighted by atomic mass is 19.4. The predicted molar refractivity (Wildman–Crippen MR) is 58.0 cm³/mol. The Morgan fingerprint density at radius 3 is 2.53 bits per heavy atom. The van der Waals surface area contributed by atoms with E-state index in [2.05, 4.69) is 0 Å². The van der Waals surface area contributed by atoms with Crippen LogP contribution in [0.15, 0.2) is 24.4 Å². The Hall–Kier alpha value is -1.78. The second kappa shape index (κ2) is 3.61. The molecule has 1 aromatic carbocycles. The third kappa shape index (κ3) is 1.81. The maximum Gasteiger partial charge on any atom is 0.454 e. The number of hydrogen-bond donors (Lipinski definition) is 0. The van der Waals surface area contributed by atoms with Gasteiger partial charge in [0.1, 0.15) is 0 Å². The van der Waals surface area contributed by atoms with Crippen LogP contribution in [-0.2, 0) is 7.05 Å². The minimum absolute atomic E-state index is 0.284. The number of rotatable bonds is 1. The number of carbonyl (C=O) groups is 1. The third-order valence-electron chi connectivity index (χ3n) is 2.72. The number of Topliss-reactive ketones (excluding diaryl/α,β-unsaturated/α-hetero) is 1. The second-order valence-corrected chi connectivity index (χ2v) is 3.95. The maximum atomic E-state index is 12.4. The van der Waals surface area contributed by atoms with Crippen molar-refractivity contribution in [3.63, 3.8) is 0 Å². The van der Waals surface area contributed by atoms with E-state index in [9.17, 15) is 18.0 Å². The van der Waals surface area contributed by atoms with Gasteiger partial charge in [0.15, 0.2) is 0 Å². The lowest BCUT2D eigenvalue weighted by Crippen LogP contribution is -2.22. The molecule has 2 rings (SSSR count). The summed E-state index contributed by atoms with van der Waals surface area (Å²) in [5.74, 6) is -1.79. The lowest BCUT2D eigenvalue weighted by Gasteiger charge is -2.04. The molecule has 0 aliphatic heterocycles. The van der Waals surface area contributed by atoms with E-state index in [1.54, 1.807) is 32.2 Å². The van der Waals surface area contributed by atoms with E-state index in [0.29, 0.717) is 16.5 Å². The first-order valence-corrected chi connectivity index (χ1v) is 4.98. The average Bonchev–Trinajstić information content (AvgIpc) is 2.55. The summed E-state index contributed by atoms with van der Waals surface area (Å²) in [7, 11) is 1.62. The summed E-state index contributed by atoms with van der Waals surface area (Å²) >= 11 is 0. The summed E-state index contributed by atoms with van der Waals surface area (Å²) < 4.78 is 38.9. The van der Waals surface area contributed by atoms with Crippen LogP contribution in [0, 0.1) is 6.92 Å². The monoisotopic (exact) mass is 241 g/mol. The normalized spacial score (nSPS) is 12.1. The van der Waals surface area contributed by atoms with Gasteiger partial charge in [0.2, 0.25) is 0 Å². The molecule has 0 atom stereocenters. The lowest BCUT2D eigenvalue weighted by molar-refractivity contribution is -0.0884. The smallest absolute Gasteiger partial charge is 0.350 e. The number of nitrogens with zero attached hydrogens (tertiary/aromatic N) is 1. The first-order valence-electron chi connectivity index (χ1n) is 4.98. The fourth-order valence-corrected chi connectivity index (χ4v) is 1.95. The van der Waals surface area contributed by atoms with Crippen LogP contribution in [0.1, 0.15) is 15.9 Å². The van der Waals surface area contributed by atoms with Gasteiger partial charge in [-0.05, 0) is 18.6 Å². The molecule has 0 saturated carbocycles. The van der Waals surface area contributed by atoms with Crippen LogP contribution in [0.2, 0.25) is 0 Å². The molecule has 0 aliphatic rings. The van der Waals surface area contributed by atoms with E-state index < -0.39 is 12.0 Å². The Bertz CT molecular complexity index is 596. The zero-order valence-corrected chi connectivity index (χ0v) is 9.30. The minimum Gasteiger partial charge on any atom is -0.350 e. The second-order valence-electron chi connectivity index (χ2n) is 3.95. The van der Waals surface area contributed by atoms with Crippen LogP contribution >= 0.6 is 0 Å². The molecule has 90 valence electrons. The van der Waals surface area contributed by atoms with Gasteiger partial charge in [0.25, 0.3) is 5.78 Å². The van der Waals surface area contributed by atoms with Crippen molar-refractivity contribution in [3.8, 4) is 0 Å². The first-order chi connectivity index (χ1) is 7.82. The van der Waals surface area contributed by atoms with Crippen molar-refractivity contribution in [2.45, 2.75) is 13.1 Å². The van der Waals surface area contributed by atoms with E-state index in [1.165, 1.54) is 10.8 Å². The molecule has 5 heteroatoms. The Labute approximate surface area is 95.7 Å². The fourth-order valence-electron chi connectivity index (χ4n) is 1.95. The number of aromatic nitrogens is 1. The van der Waals surface area contributed by atoms with Crippen LogP contribution in [0.4, 0.5) is 13.2 Å².